The van der Waals surface area contributed by atoms with Crippen LogP contribution in [-0.4, -0.2) is 12.5 Å². The van der Waals surface area contributed by atoms with E-state index in [-0.39, 0.29) is 18.2 Å². The fraction of sp³-hybridized carbons (Fsp3) is 0.161. The van der Waals surface area contributed by atoms with Crippen LogP contribution in [0.15, 0.2) is 121 Å². The van der Waals surface area contributed by atoms with Crippen molar-refractivity contribution in [2.45, 2.75) is 19.2 Å². The summed E-state index contributed by atoms with van der Waals surface area (Å²) in [4.78, 5) is 0. The van der Waals surface area contributed by atoms with Crippen molar-refractivity contribution in [3.05, 3.63) is 127 Å². The standard InChI is InChI=1S/C31H27F3OP.ClH/c32-31(33,34)35-26-20-18-25(19-21-26)30(24-16-17-24)22-23-36(27-10-4-1-5-11-27,28-12-6-2-7-13-28)29-14-8-3-9-15-29;/h1-15,18-22,24H,16-17,23H2;1H/q+1;/p-1. The number of hydrogen-bond acceptors (Lipinski definition) is 1. The molecule has 0 aliphatic heterocycles. The lowest BCUT2D eigenvalue weighted by atomic mass is 10.0. The second kappa shape index (κ2) is 11.5. The van der Waals surface area contributed by atoms with Crippen LogP contribution in [0, 0.1) is 5.92 Å². The van der Waals surface area contributed by atoms with Crippen LogP contribution >= 0.6 is 7.26 Å². The molecular formula is C31H27ClF3OP. The van der Waals surface area contributed by atoms with Gasteiger partial charge in [0.25, 0.3) is 0 Å². The molecule has 1 aliphatic carbocycles. The van der Waals surface area contributed by atoms with E-state index in [0.29, 0.717) is 5.92 Å². The summed E-state index contributed by atoms with van der Waals surface area (Å²) in [6.45, 7) is 0. The van der Waals surface area contributed by atoms with Crippen LogP contribution in [0.5, 0.6) is 5.75 Å². The molecule has 0 N–H and O–H groups in total. The normalized spacial score (nSPS) is 14.1. The average molecular weight is 539 g/mol. The summed E-state index contributed by atoms with van der Waals surface area (Å²) in [5.74, 6) is 0.240. The zero-order valence-electron chi connectivity index (χ0n) is 20.1. The SMILES string of the molecule is FC(F)(F)Oc1ccc(C(=CC[P+](c2ccccc2)(c2ccccc2)c2ccccc2)C2CC2)cc1.[Cl-]. The van der Waals surface area contributed by atoms with E-state index in [1.54, 1.807) is 12.1 Å². The van der Waals surface area contributed by atoms with Gasteiger partial charge in [0, 0.05) is 0 Å². The lowest BCUT2D eigenvalue weighted by molar-refractivity contribution is -0.274. The predicted molar refractivity (Wildman–Crippen MR) is 144 cm³/mol. The third-order valence-corrected chi connectivity index (χ3v) is 10.9. The Kier molecular flexibility index (Phi) is 8.42. The lowest BCUT2D eigenvalue weighted by Crippen LogP contribution is -3.00. The summed E-state index contributed by atoms with van der Waals surface area (Å²) in [7, 11) is -2.03. The van der Waals surface area contributed by atoms with Crippen LogP contribution in [0.25, 0.3) is 5.57 Å². The van der Waals surface area contributed by atoms with Crippen LogP contribution in [0.1, 0.15) is 18.4 Å². The molecule has 1 aliphatic rings. The van der Waals surface area contributed by atoms with Gasteiger partial charge in [-0.25, -0.2) is 0 Å². The largest absolute Gasteiger partial charge is 1.00 e. The van der Waals surface area contributed by atoms with Gasteiger partial charge in [0.1, 0.15) is 28.9 Å². The Morgan fingerprint density at radius 3 is 1.51 bits per heavy atom. The van der Waals surface area contributed by atoms with E-state index in [0.717, 1.165) is 24.6 Å². The Balaban J connectivity index is 0.00000320. The molecule has 0 heterocycles. The minimum atomic E-state index is -4.69. The highest BCUT2D eigenvalue weighted by Gasteiger charge is 2.44. The Hall–Kier alpha value is -3.07. The minimum absolute atomic E-state index is 0. The first-order chi connectivity index (χ1) is 17.5. The van der Waals surface area contributed by atoms with Crippen molar-refractivity contribution in [2.75, 3.05) is 6.16 Å². The molecule has 4 aromatic carbocycles. The quantitative estimate of drug-likeness (QED) is 0.303. The smallest absolute Gasteiger partial charge is 0.573 e. The predicted octanol–water partition coefficient (Wildman–Crippen LogP) is 4.38. The van der Waals surface area contributed by atoms with Gasteiger partial charge >= 0.3 is 6.36 Å². The van der Waals surface area contributed by atoms with E-state index in [9.17, 15) is 13.2 Å². The van der Waals surface area contributed by atoms with Crippen LogP contribution in [0.2, 0.25) is 0 Å². The van der Waals surface area contributed by atoms with Crippen molar-refractivity contribution in [3.63, 3.8) is 0 Å². The molecule has 37 heavy (non-hydrogen) atoms. The monoisotopic (exact) mass is 538 g/mol. The van der Waals surface area contributed by atoms with Crippen molar-refractivity contribution in [3.8, 4) is 5.75 Å². The summed E-state index contributed by atoms with van der Waals surface area (Å²) in [5, 5.41) is 3.92. The third kappa shape index (κ3) is 6.26. The van der Waals surface area contributed by atoms with E-state index < -0.39 is 13.6 Å². The minimum Gasteiger partial charge on any atom is -1.00 e. The van der Waals surface area contributed by atoms with E-state index in [1.807, 2.05) is 18.2 Å². The van der Waals surface area contributed by atoms with Crippen molar-refractivity contribution >= 4 is 28.7 Å². The highest BCUT2D eigenvalue weighted by molar-refractivity contribution is 7.95. The molecule has 0 spiro atoms. The summed E-state index contributed by atoms with van der Waals surface area (Å²) in [5.41, 5.74) is 2.17. The van der Waals surface area contributed by atoms with Gasteiger partial charge in [-0.1, -0.05) is 66.7 Å². The molecule has 1 saturated carbocycles. The first-order valence-corrected chi connectivity index (χ1v) is 14.0. The Morgan fingerprint density at radius 1 is 0.703 bits per heavy atom. The van der Waals surface area contributed by atoms with Crippen LogP contribution in [0.3, 0.4) is 0 Å². The molecule has 0 saturated heterocycles. The molecule has 0 bridgehead atoms. The van der Waals surface area contributed by atoms with Crippen LogP contribution in [-0.2, 0) is 0 Å². The molecule has 4 aromatic rings. The van der Waals surface area contributed by atoms with E-state index in [2.05, 4.69) is 83.6 Å². The maximum absolute atomic E-state index is 12.6. The van der Waals surface area contributed by atoms with Gasteiger partial charge in [-0.3, -0.25) is 0 Å². The highest BCUT2D eigenvalue weighted by atomic mass is 35.5. The molecule has 0 atom stereocenters. The maximum Gasteiger partial charge on any atom is 0.573 e. The number of halogens is 4. The van der Waals surface area contributed by atoms with Crippen molar-refractivity contribution in [2.24, 2.45) is 5.92 Å². The molecule has 6 heteroatoms. The first kappa shape index (κ1) is 27.0. The van der Waals surface area contributed by atoms with E-state index in [4.69, 9.17) is 0 Å². The lowest BCUT2D eigenvalue weighted by Gasteiger charge is -2.27. The summed E-state index contributed by atoms with van der Waals surface area (Å²) in [6, 6.07) is 38.4. The molecule has 0 radical (unpaired) electrons. The third-order valence-electron chi connectivity index (χ3n) is 6.61. The summed E-state index contributed by atoms with van der Waals surface area (Å²) < 4.78 is 42.0. The molecule has 190 valence electrons. The fourth-order valence-corrected chi connectivity index (χ4v) is 8.85. The van der Waals surface area contributed by atoms with Gasteiger partial charge in [-0.05, 0) is 84.5 Å². The second-order valence-corrected chi connectivity index (χ2v) is 12.5. The van der Waals surface area contributed by atoms with Crippen molar-refractivity contribution < 1.29 is 30.3 Å². The average Bonchev–Trinajstić information content (AvgIpc) is 3.74. The fourth-order valence-electron chi connectivity index (χ4n) is 4.81. The number of allylic oxidation sites excluding steroid dienone is 2. The molecule has 5 rings (SSSR count). The van der Waals surface area contributed by atoms with Gasteiger partial charge in [-0.15, -0.1) is 13.2 Å². The van der Waals surface area contributed by atoms with Crippen molar-refractivity contribution in [1.82, 2.24) is 0 Å². The van der Waals surface area contributed by atoms with Gasteiger partial charge in [0.15, 0.2) is 0 Å². The molecule has 0 unspecified atom stereocenters. The zero-order valence-corrected chi connectivity index (χ0v) is 21.8. The van der Waals surface area contributed by atoms with Gasteiger partial charge < -0.3 is 17.1 Å². The van der Waals surface area contributed by atoms with Gasteiger partial charge in [-0.2, -0.15) is 0 Å². The molecule has 1 nitrogen and oxygen atoms in total. The van der Waals surface area contributed by atoms with Crippen LogP contribution in [0.4, 0.5) is 13.2 Å². The van der Waals surface area contributed by atoms with Gasteiger partial charge in [0.2, 0.25) is 0 Å². The topological polar surface area (TPSA) is 9.23 Å². The molecule has 0 amide bonds. The van der Waals surface area contributed by atoms with E-state index in [1.165, 1.54) is 33.6 Å². The Labute approximate surface area is 222 Å². The Morgan fingerprint density at radius 2 is 1.14 bits per heavy atom. The number of rotatable bonds is 8. The second-order valence-electron chi connectivity index (χ2n) is 9.00. The Bertz CT molecular complexity index is 1210. The zero-order chi connectivity index (χ0) is 25.0. The number of benzene rings is 4. The molecule has 0 aromatic heterocycles. The van der Waals surface area contributed by atoms with Crippen molar-refractivity contribution in [1.29, 1.82) is 0 Å². The molecule has 1 fully saturated rings. The van der Waals surface area contributed by atoms with E-state index >= 15 is 0 Å². The first-order valence-electron chi connectivity index (χ1n) is 12.1. The van der Waals surface area contributed by atoms with Gasteiger partial charge in [0.05, 0.1) is 6.16 Å². The summed E-state index contributed by atoms with van der Waals surface area (Å²) in [6.07, 6.45) is 0.678. The number of alkyl halides is 3. The maximum atomic E-state index is 12.6. The number of ether oxygens (including phenoxy) is 1. The highest BCUT2D eigenvalue weighted by Crippen LogP contribution is 2.56. The van der Waals surface area contributed by atoms with Crippen LogP contribution < -0.4 is 33.1 Å². The molecular weight excluding hydrogens is 512 g/mol. The number of hydrogen-bond donors (Lipinski definition) is 0. The summed E-state index contributed by atoms with van der Waals surface area (Å²) >= 11 is 0.